The fourth-order valence-electron chi connectivity index (χ4n) is 6.59. The minimum absolute atomic E-state index is 0.0404. The van der Waals surface area contributed by atoms with Crippen molar-refractivity contribution in [1.29, 1.82) is 0 Å². The van der Waals surface area contributed by atoms with Gasteiger partial charge in [-0.25, -0.2) is 4.52 Å². The van der Waals surface area contributed by atoms with Gasteiger partial charge in [-0.15, -0.1) is 10.2 Å². The molecule has 12 nitrogen and oxygen atoms in total. The second-order valence-corrected chi connectivity index (χ2v) is 17.4. The van der Waals surface area contributed by atoms with Gasteiger partial charge < -0.3 is 17.8 Å². The number of fused-ring (bicyclic) bond motifs is 1. The molecule has 322 valence electrons. The molecule has 3 N–H and O–H groups in total. The molecule has 0 aliphatic carbocycles. The molecule has 0 amide bonds. The number of hydrogen-bond acceptors (Lipinski definition) is 8. The summed E-state index contributed by atoms with van der Waals surface area (Å²) in [5, 5.41) is 12.9. The first kappa shape index (κ1) is 46.5. The molecular weight excluding hydrogens is 855 g/mol. The number of nitrogens with zero attached hydrogens (tertiary/aromatic N) is 3. The third kappa shape index (κ3) is 13.5. The van der Waals surface area contributed by atoms with Crippen LogP contribution in [-0.4, -0.2) is 41.6 Å². The second-order valence-electron chi connectivity index (χ2n) is 14.5. The van der Waals surface area contributed by atoms with Crippen molar-refractivity contribution in [3.8, 4) is 28.6 Å². The number of halogens is 3. The Morgan fingerprint density at radius 2 is 1.36 bits per heavy atom. The highest BCUT2D eigenvalue weighted by Crippen LogP contribution is 2.37. The van der Waals surface area contributed by atoms with Crippen molar-refractivity contribution in [2.24, 2.45) is 0 Å². The van der Waals surface area contributed by atoms with Crippen molar-refractivity contribution in [3.63, 3.8) is 0 Å². The zero-order chi connectivity index (χ0) is 42.3. The van der Waals surface area contributed by atoms with Crippen molar-refractivity contribution in [1.82, 2.24) is 19.8 Å². The Kier molecular flexibility index (Phi) is 18.5. The number of aryl methyl sites for hydroxylation is 2. The van der Waals surface area contributed by atoms with Crippen LogP contribution in [0.5, 0.6) is 17.2 Å². The first-order valence-corrected chi connectivity index (χ1v) is 23.5. The molecule has 2 atom stereocenters. The van der Waals surface area contributed by atoms with Gasteiger partial charge in [0, 0.05) is 29.5 Å². The van der Waals surface area contributed by atoms with Crippen LogP contribution in [0.3, 0.4) is 0 Å². The summed E-state index contributed by atoms with van der Waals surface area (Å²) in [6, 6.07) is 11.4. The highest BCUT2D eigenvalue weighted by atomic mass is 35.5. The molecule has 0 fully saturated rings. The Morgan fingerprint density at radius 3 is 2.08 bits per heavy atom. The SMILES string of the molecule is CCCCCCCCCCCCOCOc1ccc(NS(=O)Oc2cc(Cl)c(Cl)cc2Cl)cc1OS(=O)Nc1cc(C)c(-c2nnc3cc(CCCC)[nH]n23)c(C)c1C. The lowest BCUT2D eigenvalue weighted by Gasteiger charge is -2.18. The Hall–Kier alpha value is -3.53. The summed E-state index contributed by atoms with van der Waals surface area (Å²) >= 11 is 14.1. The van der Waals surface area contributed by atoms with Gasteiger partial charge in [0.1, 0.15) is 0 Å². The first-order chi connectivity index (χ1) is 28.5. The van der Waals surface area contributed by atoms with Gasteiger partial charge in [-0.3, -0.25) is 14.5 Å². The molecule has 2 unspecified atom stereocenters. The van der Waals surface area contributed by atoms with E-state index in [0.29, 0.717) is 23.8 Å². The average Bonchev–Trinajstić information content (AvgIpc) is 3.78. The molecule has 5 aromatic rings. The van der Waals surface area contributed by atoms with Crippen LogP contribution in [0.4, 0.5) is 11.4 Å². The molecule has 3 aromatic carbocycles. The lowest BCUT2D eigenvalue weighted by molar-refractivity contribution is 0.0127. The Labute approximate surface area is 368 Å². The highest BCUT2D eigenvalue weighted by molar-refractivity contribution is 7.82. The summed E-state index contributed by atoms with van der Waals surface area (Å²) in [5.41, 5.74) is 6.44. The van der Waals surface area contributed by atoms with E-state index < -0.39 is 22.5 Å². The smallest absolute Gasteiger partial charge is 0.316 e. The number of benzene rings is 3. The standard InChI is InChI=1S/C42H55Cl3N6O6S2/c1-6-8-10-11-12-13-14-15-16-17-21-54-27-55-37-20-19-32(49-58(52)56-38-26-34(44)33(43)25-35(38)45)23-39(37)57-59(53)50-36-22-28(3)41(30(5)29(36)4)42-47-46-40-24-31(18-9-7-2)48-51(40)42/h19-20,22-26,48-50H,6-18,21,27H2,1-5H3. The van der Waals surface area contributed by atoms with Crippen molar-refractivity contribution in [3.05, 3.63) is 79.9 Å². The average molecular weight is 910 g/mol. The van der Waals surface area contributed by atoms with Crippen LogP contribution in [0.1, 0.15) is 113 Å². The summed E-state index contributed by atoms with van der Waals surface area (Å²) in [6.45, 7) is 10.8. The van der Waals surface area contributed by atoms with Crippen molar-refractivity contribution >= 4 is 74.4 Å². The largest absolute Gasteiger partial charge is 0.464 e. The zero-order valence-electron chi connectivity index (χ0n) is 34.4. The molecule has 0 aliphatic rings. The molecule has 0 saturated heterocycles. The maximum Gasteiger partial charge on any atom is 0.316 e. The van der Waals surface area contributed by atoms with Gasteiger partial charge in [0.05, 0.1) is 33.0 Å². The second kappa shape index (κ2) is 23.5. The van der Waals surface area contributed by atoms with Crippen molar-refractivity contribution in [2.75, 3.05) is 22.8 Å². The van der Waals surface area contributed by atoms with Gasteiger partial charge in [-0.05, 0) is 81.0 Å². The maximum atomic E-state index is 13.7. The lowest BCUT2D eigenvalue weighted by Crippen LogP contribution is -2.15. The number of unbranched alkanes of at least 4 members (excludes halogenated alkanes) is 10. The number of aromatic nitrogens is 4. The number of H-pyrrole nitrogens is 1. The Balaban J connectivity index is 1.25. The van der Waals surface area contributed by atoms with Crippen LogP contribution >= 0.6 is 34.8 Å². The van der Waals surface area contributed by atoms with Gasteiger partial charge in [-0.2, -0.15) is 8.42 Å². The van der Waals surface area contributed by atoms with Crippen LogP contribution in [0.2, 0.25) is 15.1 Å². The van der Waals surface area contributed by atoms with E-state index in [1.807, 2.05) is 37.4 Å². The minimum atomic E-state index is -2.12. The van der Waals surface area contributed by atoms with E-state index >= 15 is 0 Å². The molecule has 0 aliphatic heterocycles. The lowest BCUT2D eigenvalue weighted by atomic mass is 9.96. The number of rotatable bonds is 26. The summed E-state index contributed by atoms with van der Waals surface area (Å²) in [5.74, 6) is 1.15. The summed E-state index contributed by atoms with van der Waals surface area (Å²) in [6.07, 6.45) is 15.4. The molecule has 2 aromatic heterocycles. The van der Waals surface area contributed by atoms with Crippen LogP contribution in [0, 0.1) is 20.8 Å². The van der Waals surface area contributed by atoms with Crippen molar-refractivity contribution < 1.29 is 26.3 Å². The molecule has 5 rings (SSSR count). The third-order valence-electron chi connectivity index (χ3n) is 9.95. The van der Waals surface area contributed by atoms with E-state index in [9.17, 15) is 8.42 Å². The number of aromatic amines is 1. The zero-order valence-corrected chi connectivity index (χ0v) is 38.3. The fraction of sp³-hybridized carbons (Fsp3) is 0.476. The molecule has 0 bridgehead atoms. The normalized spacial score (nSPS) is 12.5. The molecule has 17 heteroatoms. The predicted octanol–water partition coefficient (Wildman–Crippen LogP) is 12.4. The number of anilines is 2. The minimum Gasteiger partial charge on any atom is -0.464 e. The predicted molar refractivity (Wildman–Crippen MR) is 242 cm³/mol. The quantitative estimate of drug-likeness (QED) is 0.0283. The molecule has 2 heterocycles. The van der Waals surface area contributed by atoms with E-state index in [0.717, 1.165) is 65.7 Å². The van der Waals surface area contributed by atoms with Gasteiger partial charge >= 0.3 is 22.5 Å². The van der Waals surface area contributed by atoms with Gasteiger partial charge in [0.2, 0.25) is 0 Å². The highest BCUT2D eigenvalue weighted by Gasteiger charge is 2.21. The Morgan fingerprint density at radius 1 is 0.695 bits per heavy atom. The van der Waals surface area contributed by atoms with Gasteiger partial charge in [0.15, 0.2) is 35.5 Å². The summed E-state index contributed by atoms with van der Waals surface area (Å²) in [4.78, 5) is 0. The van der Waals surface area contributed by atoms with Crippen LogP contribution in [-0.2, 0) is 33.7 Å². The van der Waals surface area contributed by atoms with E-state index in [1.165, 1.54) is 69.6 Å². The molecule has 59 heavy (non-hydrogen) atoms. The van der Waals surface area contributed by atoms with Crippen LogP contribution in [0.25, 0.3) is 17.0 Å². The first-order valence-electron chi connectivity index (χ1n) is 20.3. The molecule has 0 saturated carbocycles. The molecule has 0 radical (unpaired) electrons. The summed E-state index contributed by atoms with van der Waals surface area (Å²) < 4.78 is 57.5. The Bertz CT molecular complexity index is 2200. The van der Waals surface area contributed by atoms with E-state index in [-0.39, 0.29) is 39.1 Å². The van der Waals surface area contributed by atoms with Gasteiger partial charge in [-0.1, -0.05) is 113 Å². The fourth-order valence-corrected chi connectivity index (χ4v) is 8.60. The summed E-state index contributed by atoms with van der Waals surface area (Å²) in [7, 11) is 0. The number of ether oxygens (including phenoxy) is 2. The van der Waals surface area contributed by atoms with Crippen LogP contribution in [0.15, 0.2) is 42.5 Å². The van der Waals surface area contributed by atoms with E-state index in [4.69, 9.17) is 52.6 Å². The van der Waals surface area contributed by atoms with E-state index in [2.05, 4.69) is 38.6 Å². The maximum absolute atomic E-state index is 13.7. The number of hydrogen-bond donors (Lipinski definition) is 3. The van der Waals surface area contributed by atoms with E-state index in [1.54, 1.807) is 12.1 Å². The molecule has 0 spiro atoms. The molecular formula is C42H55Cl3N6O6S2. The van der Waals surface area contributed by atoms with Gasteiger partial charge in [0.25, 0.3) is 0 Å². The third-order valence-corrected chi connectivity index (χ3v) is 12.4. The number of nitrogens with one attached hydrogen (secondary N) is 3. The van der Waals surface area contributed by atoms with Crippen molar-refractivity contribution in [2.45, 2.75) is 118 Å². The monoisotopic (exact) mass is 908 g/mol. The van der Waals surface area contributed by atoms with Crippen LogP contribution < -0.4 is 22.5 Å². The topological polar surface area (TPSA) is 141 Å².